The van der Waals surface area contributed by atoms with E-state index >= 15 is 0 Å². The Hall–Kier alpha value is -3.84. The quantitative estimate of drug-likeness (QED) is 0.317. The number of fused-ring (bicyclic) bond motifs is 1. The molecule has 0 bridgehead atoms. The van der Waals surface area contributed by atoms with Gasteiger partial charge in [0.2, 0.25) is 0 Å². The van der Waals surface area contributed by atoms with Gasteiger partial charge in [-0.3, -0.25) is 9.78 Å². The summed E-state index contributed by atoms with van der Waals surface area (Å²) in [5.41, 5.74) is 2.23. The van der Waals surface area contributed by atoms with Crippen LogP contribution in [0.5, 0.6) is 17.2 Å². The number of para-hydroxylation sites is 1. The summed E-state index contributed by atoms with van der Waals surface area (Å²) in [6.45, 7) is 5.94. The lowest BCUT2D eigenvalue weighted by Gasteiger charge is -2.59. The second-order valence-electron chi connectivity index (χ2n) is 12.8. The van der Waals surface area contributed by atoms with E-state index in [0.717, 1.165) is 55.9 Å². The molecule has 6 rings (SSSR count). The fraction of sp³-hybridized carbons (Fsp3) is 0.500. The minimum atomic E-state index is -3.02. The topological polar surface area (TPSA) is 136 Å². The summed E-state index contributed by atoms with van der Waals surface area (Å²) in [6.07, 6.45) is 9.86. The van der Waals surface area contributed by atoms with Crippen LogP contribution in [0.15, 0.2) is 43.0 Å². The van der Waals surface area contributed by atoms with Crippen molar-refractivity contribution in [2.45, 2.75) is 64.1 Å². The van der Waals surface area contributed by atoms with Gasteiger partial charge in [0.25, 0.3) is 5.91 Å². The predicted octanol–water partition coefficient (Wildman–Crippen LogP) is 4.00. The third kappa shape index (κ3) is 6.89. The Morgan fingerprint density at radius 3 is 2.76 bits per heavy atom. The van der Waals surface area contributed by atoms with Gasteiger partial charge in [0.15, 0.2) is 23.1 Å². The minimum Gasteiger partial charge on any atom is -0.490 e. The van der Waals surface area contributed by atoms with Crippen LogP contribution in [-0.2, 0) is 16.3 Å². The van der Waals surface area contributed by atoms with E-state index in [2.05, 4.69) is 30.5 Å². The molecule has 1 aliphatic carbocycles. The number of nitrogens with zero attached hydrogens (tertiary/aromatic N) is 4. The smallest absolute Gasteiger partial charge is 0.255 e. The molecule has 1 spiro atoms. The Balaban J connectivity index is 1.10. The van der Waals surface area contributed by atoms with E-state index in [9.17, 15) is 17.6 Å². The van der Waals surface area contributed by atoms with Crippen molar-refractivity contribution in [3.8, 4) is 17.2 Å². The molecule has 1 saturated carbocycles. The molecule has 0 radical (unpaired) electrons. The van der Waals surface area contributed by atoms with Crippen molar-refractivity contribution in [1.82, 2.24) is 25.6 Å². The second-order valence-corrected chi connectivity index (χ2v) is 15.0. The molecule has 4 heterocycles. The minimum absolute atomic E-state index is 0.00929. The molecule has 1 saturated heterocycles. The third-order valence-electron chi connectivity index (χ3n) is 8.61. The fourth-order valence-electron chi connectivity index (χ4n) is 6.64. The highest BCUT2D eigenvalue weighted by atomic mass is 32.2. The summed E-state index contributed by atoms with van der Waals surface area (Å²) in [5.74, 6) is 0.571. The van der Waals surface area contributed by atoms with Gasteiger partial charge in [-0.1, -0.05) is 6.07 Å². The highest BCUT2D eigenvalue weighted by Gasteiger charge is 2.54. The molecule has 3 aromatic rings. The first-order chi connectivity index (χ1) is 21.5. The Kier molecular flexibility index (Phi) is 8.66. The summed E-state index contributed by atoms with van der Waals surface area (Å²) in [5, 5.41) is 6.31. The Labute approximate surface area is 262 Å². The molecule has 2 fully saturated rings. The predicted molar refractivity (Wildman–Crippen MR) is 167 cm³/mol. The monoisotopic (exact) mass is 638 g/mol. The molecule has 45 heavy (non-hydrogen) atoms. The van der Waals surface area contributed by atoms with Gasteiger partial charge in [-0.05, 0) is 57.7 Å². The normalized spacial score (nSPS) is 19.0. The average Bonchev–Trinajstić information content (AvgIpc) is 2.94. The van der Waals surface area contributed by atoms with Crippen molar-refractivity contribution >= 4 is 21.6 Å². The lowest BCUT2D eigenvalue weighted by atomic mass is 9.61. The van der Waals surface area contributed by atoms with Crippen LogP contribution < -0.4 is 25.0 Å². The second kappa shape index (κ2) is 12.5. The zero-order valence-electron chi connectivity index (χ0n) is 25.8. The number of halogens is 1. The number of ether oxygens (including phenoxy) is 2. The SMILES string of the molecule is CC(C)NC(=O)c1cccc(F)c1Oc1cncnc1N1CC2(CC(Oc3ccnc4c3C(CCCS(C)(=O)=O)NCC4)C2)C1. The maximum Gasteiger partial charge on any atom is 0.255 e. The summed E-state index contributed by atoms with van der Waals surface area (Å²) in [7, 11) is -3.02. The molecule has 240 valence electrons. The molecule has 1 aromatic carbocycles. The molecule has 2 aromatic heterocycles. The number of amides is 1. The number of carbonyl (C=O) groups excluding carboxylic acids is 1. The maximum absolute atomic E-state index is 14.9. The Bertz CT molecular complexity index is 1670. The van der Waals surface area contributed by atoms with Crippen LogP contribution >= 0.6 is 0 Å². The molecule has 2 N–H and O–H groups in total. The van der Waals surface area contributed by atoms with Crippen LogP contribution in [0.1, 0.15) is 67.2 Å². The number of sulfone groups is 1. The van der Waals surface area contributed by atoms with E-state index in [4.69, 9.17) is 9.47 Å². The van der Waals surface area contributed by atoms with E-state index in [1.807, 2.05) is 19.9 Å². The van der Waals surface area contributed by atoms with E-state index in [1.165, 1.54) is 37.0 Å². The van der Waals surface area contributed by atoms with Crippen molar-refractivity contribution in [2.75, 3.05) is 36.5 Å². The molecular formula is C32H39FN6O5S. The van der Waals surface area contributed by atoms with Crippen molar-refractivity contribution in [2.24, 2.45) is 5.41 Å². The number of rotatable bonds is 11. The number of hydrogen-bond acceptors (Lipinski definition) is 10. The summed E-state index contributed by atoms with van der Waals surface area (Å²) >= 11 is 0. The van der Waals surface area contributed by atoms with Gasteiger partial charge < -0.3 is 25.0 Å². The molecule has 1 unspecified atom stereocenters. The summed E-state index contributed by atoms with van der Waals surface area (Å²) in [4.78, 5) is 27.9. The van der Waals surface area contributed by atoms with Crippen LogP contribution in [0.2, 0.25) is 0 Å². The van der Waals surface area contributed by atoms with Crippen LogP contribution in [0, 0.1) is 11.2 Å². The standard InChI is InChI=1S/C32H39FN6O5S/c1-20(2)38-31(40)22-6-4-7-23(33)29(22)44-27-16-34-19-37-30(27)39-17-32(18-39)14-21(15-32)43-26-10-12-36-25-9-11-35-24(28(25)26)8-5-13-45(3,41)42/h4,6-7,10,12,16,19-21,24,35H,5,8-9,11,13-15,17-18H2,1-3H3,(H,38,40). The number of pyridine rings is 1. The number of aromatic nitrogens is 3. The lowest BCUT2D eigenvalue weighted by Crippen LogP contribution is -2.65. The van der Waals surface area contributed by atoms with Gasteiger partial charge in [0.05, 0.1) is 17.5 Å². The zero-order valence-corrected chi connectivity index (χ0v) is 26.6. The summed E-state index contributed by atoms with van der Waals surface area (Å²) in [6, 6.07) is 6.06. The first-order valence-electron chi connectivity index (χ1n) is 15.4. The summed E-state index contributed by atoms with van der Waals surface area (Å²) < 4.78 is 50.8. The molecular weight excluding hydrogens is 599 g/mol. The van der Waals surface area contributed by atoms with Crippen molar-refractivity contribution in [3.05, 3.63) is 65.6 Å². The molecule has 11 nitrogen and oxygen atoms in total. The number of benzene rings is 1. The molecule has 13 heteroatoms. The number of carbonyl (C=O) groups is 1. The molecule has 3 aliphatic rings. The lowest BCUT2D eigenvalue weighted by molar-refractivity contribution is -0.0352. The number of nitrogens with one attached hydrogen (secondary N) is 2. The zero-order chi connectivity index (χ0) is 31.8. The average molecular weight is 639 g/mol. The van der Waals surface area contributed by atoms with Crippen molar-refractivity contribution in [3.63, 3.8) is 0 Å². The van der Waals surface area contributed by atoms with Crippen LogP contribution in [0.25, 0.3) is 0 Å². The Morgan fingerprint density at radius 1 is 1.20 bits per heavy atom. The van der Waals surface area contributed by atoms with E-state index in [1.54, 1.807) is 6.20 Å². The van der Waals surface area contributed by atoms with Crippen LogP contribution in [0.3, 0.4) is 0 Å². The van der Waals surface area contributed by atoms with Gasteiger partial charge >= 0.3 is 0 Å². The largest absolute Gasteiger partial charge is 0.490 e. The third-order valence-corrected chi connectivity index (χ3v) is 9.64. The highest BCUT2D eigenvalue weighted by Crippen LogP contribution is 2.52. The van der Waals surface area contributed by atoms with Gasteiger partial charge in [0, 0.05) is 67.3 Å². The van der Waals surface area contributed by atoms with Gasteiger partial charge in [-0.15, -0.1) is 0 Å². The van der Waals surface area contributed by atoms with Crippen LogP contribution in [0.4, 0.5) is 10.2 Å². The van der Waals surface area contributed by atoms with E-state index in [0.29, 0.717) is 18.7 Å². The highest BCUT2D eigenvalue weighted by molar-refractivity contribution is 7.90. The van der Waals surface area contributed by atoms with Gasteiger partial charge in [-0.2, -0.15) is 0 Å². The van der Waals surface area contributed by atoms with Gasteiger partial charge in [0.1, 0.15) is 28.0 Å². The first kappa shape index (κ1) is 31.2. The maximum atomic E-state index is 14.9. The van der Waals surface area contributed by atoms with Crippen molar-refractivity contribution < 1.29 is 27.1 Å². The van der Waals surface area contributed by atoms with Gasteiger partial charge in [-0.25, -0.2) is 22.8 Å². The van der Waals surface area contributed by atoms with E-state index in [-0.39, 0.29) is 46.4 Å². The van der Waals surface area contributed by atoms with E-state index < -0.39 is 21.6 Å². The van der Waals surface area contributed by atoms with Crippen LogP contribution in [-0.4, -0.2) is 73.1 Å². The Morgan fingerprint density at radius 2 is 2.00 bits per heavy atom. The number of hydrogen-bond donors (Lipinski definition) is 2. The fourth-order valence-corrected chi connectivity index (χ4v) is 7.33. The molecule has 1 amide bonds. The van der Waals surface area contributed by atoms with Crippen molar-refractivity contribution in [1.29, 1.82) is 0 Å². The molecule has 1 atom stereocenters. The first-order valence-corrected chi connectivity index (χ1v) is 17.4. The molecule has 2 aliphatic heterocycles. The number of anilines is 1.